The van der Waals surface area contributed by atoms with Crippen LogP contribution in [0.4, 0.5) is 5.69 Å². The first-order valence-corrected chi connectivity index (χ1v) is 7.24. The van der Waals surface area contributed by atoms with Crippen molar-refractivity contribution in [3.63, 3.8) is 0 Å². The summed E-state index contributed by atoms with van der Waals surface area (Å²) < 4.78 is 0.994. The Balaban J connectivity index is 2.11. The smallest absolute Gasteiger partial charge is 0.228 e. The lowest BCUT2D eigenvalue weighted by molar-refractivity contribution is -0.115. The molecule has 0 bridgehead atoms. The Labute approximate surface area is 126 Å². The minimum atomic E-state index is -0.136. The average molecular weight is 334 g/mol. The third kappa shape index (κ3) is 3.61. The number of hydrogen-bond donors (Lipinski definition) is 2. The van der Waals surface area contributed by atoms with Gasteiger partial charge in [-0.1, -0.05) is 41.1 Å². The van der Waals surface area contributed by atoms with E-state index in [0.717, 1.165) is 22.1 Å². The molecule has 0 aliphatic heterocycles. The highest BCUT2D eigenvalue weighted by Gasteiger charge is 2.09. The van der Waals surface area contributed by atoms with Crippen LogP contribution in [0.2, 0.25) is 0 Å². The maximum Gasteiger partial charge on any atom is 0.228 e. The van der Waals surface area contributed by atoms with Crippen molar-refractivity contribution in [2.45, 2.75) is 19.8 Å². The zero-order valence-electron chi connectivity index (χ0n) is 11.2. The van der Waals surface area contributed by atoms with E-state index in [1.54, 1.807) is 24.3 Å². The Morgan fingerprint density at radius 3 is 2.65 bits per heavy atom. The minimum Gasteiger partial charge on any atom is -0.508 e. The standard InChI is InChI=1S/C16H16BrNO2/c1-2-11-9-13(17)7-8-14(11)18-16(20)10-12-5-3-4-6-15(12)19/h3-9,19H,2,10H2,1H3,(H,18,20). The van der Waals surface area contributed by atoms with Crippen molar-refractivity contribution in [2.24, 2.45) is 0 Å². The number of aromatic hydroxyl groups is 1. The summed E-state index contributed by atoms with van der Waals surface area (Å²) in [7, 11) is 0. The second kappa shape index (κ2) is 6.57. The van der Waals surface area contributed by atoms with Crippen molar-refractivity contribution >= 4 is 27.5 Å². The summed E-state index contributed by atoms with van der Waals surface area (Å²) in [6, 6.07) is 12.6. The van der Waals surface area contributed by atoms with Gasteiger partial charge >= 0.3 is 0 Å². The van der Waals surface area contributed by atoms with Gasteiger partial charge in [0.2, 0.25) is 5.91 Å². The second-order valence-corrected chi connectivity index (χ2v) is 5.42. The number of hydrogen-bond acceptors (Lipinski definition) is 2. The minimum absolute atomic E-state index is 0.136. The van der Waals surface area contributed by atoms with Crippen LogP contribution in [0.3, 0.4) is 0 Å². The average Bonchev–Trinajstić information content (AvgIpc) is 2.43. The van der Waals surface area contributed by atoms with E-state index in [0.29, 0.717) is 5.56 Å². The Morgan fingerprint density at radius 1 is 1.20 bits per heavy atom. The largest absolute Gasteiger partial charge is 0.508 e. The van der Waals surface area contributed by atoms with Crippen LogP contribution in [0.15, 0.2) is 46.9 Å². The number of phenolic OH excluding ortho intramolecular Hbond substituents is 1. The van der Waals surface area contributed by atoms with Crippen LogP contribution in [0, 0.1) is 0 Å². The van der Waals surface area contributed by atoms with Crippen LogP contribution in [0.5, 0.6) is 5.75 Å². The van der Waals surface area contributed by atoms with Crippen LogP contribution in [0.25, 0.3) is 0 Å². The molecule has 0 heterocycles. The zero-order valence-corrected chi connectivity index (χ0v) is 12.8. The van der Waals surface area contributed by atoms with Crippen molar-refractivity contribution in [1.29, 1.82) is 0 Å². The lowest BCUT2D eigenvalue weighted by Gasteiger charge is -2.11. The first-order valence-electron chi connectivity index (χ1n) is 6.45. The first kappa shape index (κ1) is 14.6. The van der Waals surface area contributed by atoms with Gasteiger partial charge in [0.15, 0.2) is 0 Å². The number of para-hydroxylation sites is 1. The molecule has 0 radical (unpaired) electrons. The molecule has 0 aromatic heterocycles. The Kier molecular flexibility index (Phi) is 4.79. The molecular weight excluding hydrogens is 318 g/mol. The van der Waals surface area contributed by atoms with Crippen LogP contribution in [0.1, 0.15) is 18.1 Å². The van der Waals surface area contributed by atoms with Crippen LogP contribution < -0.4 is 5.32 Å². The molecule has 1 amide bonds. The van der Waals surface area contributed by atoms with Gasteiger partial charge < -0.3 is 10.4 Å². The number of amides is 1. The third-order valence-electron chi connectivity index (χ3n) is 3.06. The molecule has 0 atom stereocenters. The highest BCUT2D eigenvalue weighted by molar-refractivity contribution is 9.10. The van der Waals surface area contributed by atoms with E-state index in [4.69, 9.17) is 0 Å². The van der Waals surface area contributed by atoms with Crippen molar-refractivity contribution in [3.8, 4) is 5.75 Å². The van der Waals surface area contributed by atoms with E-state index in [1.807, 2.05) is 25.1 Å². The summed E-state index contributed by atoms with van der Waals surface area (Å²) in [5.41, 5.74) is 2.52. The normalized spacial score (nSPS) is 10.3. The third-order valence-corrected chi connectivity index (χ3v) is 3.56. The molecule has 3 nitrogen and oxygen atoms in total. The summed E-state index contributed by atoms with van der Waals surface area (Å²) in [6.45, 7) is 2.04. The van der Waals surface area contributed by atoms with Gasteiger partial charge in [-0.25, -0.2) is 0 Å². The van der Waals surface area contributed by atoms with E-state index in [1.165, 1.54) is 0 Å². The van der Waals surface area contributed by atoms with Crippen molar-refractivity contribution in [1.82, 2.24) is 0 Å². The first-order chi connectivity index (χ1) is 9.60. The molecule has 4 heteroatoms. The number of carbonyl (C=O) groups excluding carboxylic acids is 1. The number of aryl methyl sites for hydroxylation is 1. The van der Waals surface area contributed by atoms with Crippen molar-refractivity contribution in [3.05, 3.63) is 58.1 Å². The fraction of sp³-hybridized carbons (Fsp3) is 0.188. The number of nitrogens with one attached hydrogen (secondary N) is 1. The highest BCUT2D eigenvalue weighted by Crippen LogP contribution is 2.22. The molecule has 0 aliphatic rings. The van der Waals surface area contributed by atoms with E-state index in [2.05, 4.69) is 21.2 Å². The number of rotatable bonds is 4. The second-order valence-electron chi connectivity index (χ2n) is 4.51. The van der Waals surface area contributed by atoms with Crippen molar-refractivity contribution in [2.75, 3.05) is 5.32 Å². The summed E-state index contributed by atoms with van der Waals surface area (Å²) in [5, 5.41) is 12.6. The predicted molar refractivity (Wildman–Crippen MR) is 84.0 cm³/mol. The molecule has 2 N–H and O–H groups in total. The molecule has 0 aliphatic carbocycles. The van der Waals surface area contributed by atoms with E-state index in [-0.39, 0.29) is 18.1 Å². The molecule has 0 spiro atoms. The van der Waals surface area contributed by atoms with E-state index < -0.39 is 0 Å². The van der Waals surface area contributed by atoms with E-state index >= 15 is 0 Å². The number of anilines is 1. The van der Waals surface area contributed by atoms with Crippen LogP contribution in [-0.4, -0.2) is 11.0 Å². The summed E-state index contributed by atoms with van der Waals surface area (Å²) in [6.07, 6.45) is 0.998. The Morgan fingerprint density at radius 2 is 1.95 bits per heavy atom. The maximum absolute atomic E-state index is 12.1. The molecular formula is C16H16BrNO2. The van der Waals surface area contributed by atoms with Crippen molar-refractivity contribution < 1.29 is 9.90 Å². The fourth-order valence-corrected chi connectivity index (χ4v) is 2.41. The maximum atomic E-state index is 12.1. The lowest BCUT2D eigenvalue weighted by atomic mass is 10.1. The Hall–Kier alpha value is -1.81. The Bertz CT molecular complexity index is 626. The zero-order chi connectivity index (χ0) is 14.5. The molecule has 0 saturated carbocycles. The van der Waals surface area contributed by atoms with Crippen LogP contribution in [-0.2, 0) is 17.6 Å². The number of carbonyl (C=O) groups is 1. The summed E-state index contributed by atoms with van der Waals surface area (Å²) in [5.74, 6) is 0.0118. The van der Waals surface area contributed by atoms with E-state index in [9.17, 15) is 9.90 Å². The molecule has 2 rings (SSSR count). The molecule has 20 heavy (non-hydrogen) atoms. The molecule has 0 unspecified atom stereocenters. The monoisotopic (exact) mass is 333 g/mol. The molecule has 0 saturated heterocycles. The SMILES string of the molecule is CCc1cc(Br)ccc1NC(=O)Cc1ccccc1O. The van der Waals surface area contributed by atoms with Gasteiger partial charge in [0.05, 0.1) is 6.42 Å². The topological polar surface area (TPSA) is 49.3 Å². The predicted octanol–water partition coefficient (Wildman–Crippen LogP) is 3.90. The van der Waals surface area contributed by atoms with Gasteiger partial charge in [-0.15, -0.1) is 0 Å². The van der Waals surface area contributed by atoms with Gasteiger partial charge in [0.1, 0.15) is 5.75 Å². The van der Waals surface area contributed by atoms with Gasteiger partial charge in [0.25, 0.3) is 0 Å². The molecule has 0 fully saturated rings. The summed E-state index contributed by atoms with van der Waals surface area (Å²) in [4.78, 5) is 12.1. The van der Waals surface area contributed by atoms with Crippen LogP contribution >= 0.6 is 15.9 Å². The number of halogens is 1. The number of phenols is 1. The summed E-state index contributed by atoms with van der Waals surface area (Å²) >= 11 is 3.42. The molecule has 2 aromatic rings. The molecule has 2 aromatic carbocycles. The van der Waals surface area contributed by atoms with Gasteiger partial charge in [-0.05, 0) is 36.2 Å². The fourth-order valence-electron chi connectivity index (χ4n) is 2.00. The highest BCUT2D eigenvalue weighted by atomic mass is 79.9. The molecule has 104 valence electrons. The van der Waals surface area contributed by atoms with Gasteiger partial charge in [0, 0.05) is 15.7 Å². The lowest BCUT2D eigenvalue weighted by Crippen LogP contribution is -2.15. The number of benzene rings is 2. The van der Waals surface area contributed by atoms with Gasteiger partial charge in [-0.2, -0.15) is 0 Å². The quantitative estimate of drug-likeness (QED) is 0.891. The van der Waals surface area contributed by atoms with Gasteiger partial charge in [-0.3, -0.25) is 4.79 Å².